The lowest BCUT2D eigenvalue weighted by molar-refractivity contribution is -0.115. The Morgan fingerprint density at radius 2 is 1.08 bits per heavy atom. The molecule has 0 unspecified atom stereocenters. The first kappa shape index (κ1) is 30.8. The molecule has 0 bridgehead atoms. The average molecular weight is 563 g/mol. The van der Waals surface area contributed by atoms with E-state index in [2.05, 4.69) is 20.9 Å². The zero-order valence-corrected chi connectivity index (χ0v) is 23.1. The highest BCUT2D eigenvalue weighted by atomic mass is 33.1. The number of benzene rings is 2. The zero-order valence-electron chi connectivity index (χ0n) is 21.5. The first-order valence-electron chi connectivity index (χ1n) is 12.2. The molecule has 0 saturated heterocycles. The SMILES string of the molecule is CCOc1ccc(CC(=NO)C(=O)NCCSSCCNC(=O)C(Cc2ccc(OCC)cc2)=NO)cc1. The smallest absolute Gasteiger partial charge is 0.269 e. The summed E-state index contributed by atoms with van der Waals surface area (Å²) in [5.41, 5.74) is 1.72. The van der Waals surface area contributed by atoms with Crippen LogP contribution in [0, 0.1) is 0 Å². The minimum absolute atomic E-state index is 0.0288. The monoisotopic (exact) mass is 562 g/mol. The first-order chi connectivity index (χ1) is 18.5. The van der Waals surface area contributed by atoms with E-state index in [1.807, 2.05) is 38.1 Å². The van der Waals surface area contributed by atoms with Crippen molar-refractivity contribution in [3.05, 3.63) is 59.7 Å². The third-order valence-electron chi connectivity index (χ3n) is 5.00. The van der Waals surface area contributed by atoms with Crippen molar-refractivity contribution in [3.63, 3.8) is 0 Å². The van der Waals surface area contributed by atoms with Crippen LogP contribution >= 0.6 is 21.6 Å². The van der Waals surface area contributed by atoms with Crippen molar-refractivity contribution in [1.29, 1.82) is 0 Å². The fourth-order valence-corrected chi connectivity index (χ4v) is 5.00. The summed E-state index contributed by atoms with van der Waals surface area (Å²) in [7, 11) is 3.08. The van der Waals surface area contributed by atoms with E-state index < -0.39 is 11.8 Å². The van der Waals surface area contributed by atoms with Crippen LogP contribution < -0.4 is 20.1 Å². The molecule has 0 spiro atoms. The molecule has 2 amide bonds. The molecular formula is C26H34N4O6S2. The predicted molar refractivity (Wildman–Crippen MR) is 152 cm³/mol. The molecule has 0 aliphatic rings. The molecule has 4 N–H and O–H groups in total. The third kappa shape index (κ3) is 11.3. The normalized spacial score (nSPS) is 11.6. The van der Waals surface area contributed by atoms with Gasteiger partial charge in [0.05, 0.1) is 13.2 Å². The number of oxime groups is 2. The van der Waals surface area contributed by atoms with Gasteiger partial charge in [0, 0.05) is 37.4 Å². The van der Waals surface area contributed by atoms with Crippen LogP contribution in [0.1, 0.15) is 25.0 Å². The minimum Gasteiger partial charge on any atom is -0.494 e. The van der Waals surface area contributed by atoms with Gasteiger partial charge in [-0.05, 0) is 49.2 Å². The lowest BCUT2D eigenvalue weighted by Crippen LogP contribution is -2.34. The van der Waals surface area contributed by atoms with E-state index in [4.69, 9.17) is 9.47 Å². The maximum Gasteiger partial charge on any atom is 0.269 e. The van der Waals surface area contributed by atoms with Gasteiger partial charge in [-0.15, -0.1) is 0 Å². The van der Waals surface area contributed by atoms with E-state index in [-0.39, 0.29) is 24.3 Å². The van der Waals surface area contributed by atoms with Crippen LogP contribution in [0.5, 0.6) is 11.5 Å². The number of carbonyl (C=O) groups is 2. The molecule has 0 aromatic heterocycles. The van der Waals surface area contributed by atoms with Gasteiger partial charge in [-0.2, -0.15) is 0 Å². The Labute approximate surface area is 230 Å². The van der Waals surface area contributed by atoms with Gasteiger partial charge in [0.25, 0.3) is 11.8 Å². The number of hydrogen-bond acceptors (Lipinski definition) is 10. The van der Waals surface area contributed by atoms with Gasteiger partial charge in [0.2, 0.25) is 0 Å². The van der Waals surface area contributed by atoms with E-state index in [9.17, 15) is 20.0 Å². The summed E-state index contributed by atoms with van der Waals surface area (Å²) in [5.74, 6) is 1.89. The molecule has 0 heterocycles. The molecule has 10 nitrogen and oxygen atoms in total. The highest BCUT2D eigenvalue weighted by Gasteiger charge is 2.14. The van der Waals surface area contributed by atoms with Crippen LogP contribution in [0.2, 0.25) is 0 Å². The number of nitrogens with zero attached hydrogens (tertiary/aromatic N) is 2. The predicted octanol–water partition coefficient (Wildman–Crippen LogP) is 3.54. The Kier molecular flexibility index (Phi) is 14.6. The summed E-state index contributed by atoms with van der Waals surface area (Å²) < 4.78 is 10.8. The summed E-state index contributed by atoms with van der Waals surface area (Å²) in [6.45, 7) is 5.74. The molecule has 0 fully saturated rings. The van der Waals surface area contributed by atoms with Crippen molar-refractivity contribution in [3.8, 4) is 11.5 Å². The second-order valence-electron chi connectivity index (χ2n) is 7.76. The Hall–Kier alpha value is -3.38. The Morgan fingerprint density at radius 3 is 1.39 bits per heavy atom. The Bertz CT molecular complexity index is 977. The van der Waals surface area contributed by atoms with Crippen molar-refractivity contribution in [2.75, 3.05) is 37.8 Å². The second-order valence-corrected chi connectivity index (χ2v) is 10.5. The number of nitrogens with one attached hydrogen (secondary N) is 2. The van der Waals surface area contributed by atoms with Gasteiger partial charge in [0.15, 0.2) is 0 Å². The third-order valence-corrected chi connectivity index (χ3v) is 7.41. The maximum absolute atomic E-state index is 12.3. The zero-order chi connectivity index (χ0) is 27.6. The summed E-state index contributed by atoms with van der Waals surface area (Å²) >= 11 is 0. The number of carbonyl (C=O) groups excluding carboxylic acids is 2. The average Bonchev–Trinajstić information content (AvgIpc) is 2.93. The highest BCUT2D eigenvalue weighted by molar-refractivity contribution is 8.76. The van der Waals surface area contributed by atoms with Crippen LogP contribution in [-0.4, -0.2) is 71.5 Å². The topological polar surface area (TPSA) is 142 Å². The molecular weight excluding hydrogens is 528 g/mol. The van der Waals surface area contributed by atoms with E-state index in [1.165, 1.54) is 0 Å². The van der Waals surface area contributed by atoms with Crippen LogP contribution in [0.15, 0.2) is 58.8 Å². The number of amides is 2. The van der Waals surface area contributed by atoms with Crippen LogP contribution in [-0.2, 0) is 22.4 Å². The highest BCUT2D eigenvalue weighted by Crippen LogP contribution is 2.19. The number of ether oxygens (including phenoxy) is 2. The molecule has 2 aromatic carbocycles. The fourth-order valence-electron chi connectivity index (χ4n) is 3.18. The molecule has 2 aromatic rings. The van der Waals surface area contributed by atoms with Crippen molar-refractivity contribution >= 4 is 44.8 Å². The van der Waals surface area contributed by atoms with Crippen molar-refractivity contribution in [2.24, 2.45) is 10.3 Å². The minimum atomic E-state index is -0.428. The second kappa shape index (κ2) is 18.0. The molecule has 0 radical (unpaired) electrons. The molecule has 0 atom stereocenters. The van der Waals surface area contributed by atoms with Crippen LogP contribution in [0.4, 0.5) is 0 Å². The summed E-state index contributed by atoms with van der Waals surface area (Å²) in [4.78, 5) is 24.6. The van der Waals surface area contributed by atoms with E-state index in [0.717, 1.165) is 22.6 Å². The van der Waals surface area contributed by atoms with E-state index in [1.54, 1.807) is 45.9 Å². The quantitative estimate of drug-likeness (QED) is 0.0754. The Balaban J connectivity index is 1.59. The van der Waals surface area contributed by atoms with Crippen LogP contribution in [0.3, 0.4) is 0 Å². The molecule has 0 aliphatic carbocycles. The lowest BCUT2D eigenvalue weighted by Gasteiger charge is -2.09. The largest absolute Gasteiger partial charge is 0.494 e. The van der Waals surface area contributed by atoms with Gasteiger partial charge < -0.3 is 30.5 Å². The van der Waals surface area contributed by atoms with Gasteiger partial charge in [-0.25, -0.2) is 0 Å². The molecule has 12 heteroatoms. The first-order valence-corrected chi connectivity index (χ1v) is 14.7. The standard InChI is InChI=1S/C26H34N4O6S2/c1-3-35-21-9-5-19(6-10-21)17-23(29-33)25(31)27-13-15-37-38-16-14-28-26(32)24(30-34)18-20-7-11-22(12-8-20)36-4-2/h5-12,33-34H,3-4,13-18H2,1-2H3,(H,27,31)(H,28,32). The summed E-state index contributed by atoms with van der Waals surface area (Å²) in [6, 6.07) is 14.5. The Morgan fingerprint density at radius 1 is 0.711 bits per heavy atom. The van der Waals surface area contributed by atoms with Crippen LogP contribution in [0.25, 0.3) is 0 Å². The number of rotatable bonds is 17. The van der Waals surface area contributed by atoms with Crippen molar-refractivity contribution in [1.82, 2.24) is 10.6 Å². The van der Waals surface area contributed by atoms with Gasteiger partial charge in [0.1, 0.15) is 22.9 Å². The van der Waals surface area contributed by atoms with Crippen molar-refractivity contribution in [2.45, 2.75) is 26.7 Å². The van der Waals surface area contributed by atoms with Gasteiger partial charge in [-0.3, -0.25) is 9.59 Å². The van der Waals surface area contributed by atoms with E-state index >= 15 is 0 Å². The van der Waals surface area contributed by atoms with Crippen molar-refractivity contribution < 1.29 is 29.5 Å². The lowest BCUT2D eigenvalue weighted by atomic mass is 10.1. The summed E-state index contributed by atoms with van der Waals surface area (Å²) in [6.07, 6.45) is 0.405. The molecule has 38 heavy (non-hydrogen) atoms. The number of hydrogen-bond donors (Lipinski definition) is 4. The molecule has 206 valence electrons. The molecule has 0 aliphatic heterocycles. The van der Waals surface area contributed by atoms with Gasteiger partial charge in [-0.1, -0.05) is 56.2 Å². The fraction of sp³-hybridized carbons (Fsp3) is 0.385. The summed E-state index contributed by atoms with van der Waals surface area (Å²) in [5, 5.41) is 30.3. The molecule has 2 rings (SSSR count). The van der Waals surface area contributed by atoms with Gasteiger partial charge >= 0.3 is 0 Å². The molecule has 0 saturated carbocycles. The van der Waals surface area contributed by atoms with E-state index in [0.29, 0.717) is 37.8 Å². The maximum atomic E-state index is 12.3.